The van der Waals surface area contributed by atoms with Gasteiger partial charge in [0.05, 0.1) is 24.3 Å². The summed E-state index contributed by atoms with van der Waals surface area (Å²) in [7, 11) is 0. The maximum atomic E-state index is 13.7. The van der Waals surface area contributed by atoms with Crippen LogP contribution in [0, 0.1) is 5.82 Å². The first kappa shape index (κ1) is 11.8. The number of Topliss-reactive ketones (excluding diaryl/α,β-unsaturated/α-hetero) is 1. The van der Waals surface area contributed by atoms with Crippen LogP contribution in [0.3, 0.4) is 0 Å². The second-order valence-corrected chi connectivity index (χ2v) is 4.45. The van der Waals surface area contributed by atoms with Crippen molar-refractivity contribution >= 4 is 5.78 Å². The van der Waals surface area contributed by atoms with Gasteiger partial charge in [-0.05, 0) is 18.6 Å². The van der Waals surface area contributed by atoms with Crippen molar-refractivity contribution in [2.45, 2.75) is 12.3 Å². The Morgan fingerprint density at radius 2 is 2.16 bits per heavy atom. The van der Waals surface area contributed by atoms with Crippen LogP contribution in [0.5, 0.6) is 5.75 Å². The van der Waals surface area contributed by atoms with Crippen LogP contribution in [0.2, 0.25) is 0 Å². The number of fused-ring (bicyclic) bond motifs is 1. The Bertz CT molecular complexity index is 627. The summed E-state index contributed by atoms with van der Waals surface area (Å²) in [6, 6.07) is 8.83. The Hall–Kier alpha value is -2.23. The van der Waals surface area contributed by atoms with Gasteiger partial charge in [0.1, 0.15) is 5.75 Å². The number of hydrogen-bond donors (Lipinski definition) is 0. The Morgan fingerprint density at radius 3 is 3.00 bits per heavy atom. The molecular weight excluding hydrogens is 245 g/mol. The van der Waals surface area contributed by atoms with Gasteiger partial charge in [0.2, 0.25) is 0 Å². The highest BCUT2D eigenvalue weighted by Crippen LogP contribution is 2.35. The fourth-order valence-electron chi connectivity index (χ4n) is 2.38. The molecule has 0 saturated carbocycles. The Kier molecular flexibility index (Phi) is 2.99. The fourth-order valence-corrected chi connectivity index (χ4v) is 2.38. The number of ketones is 1. The highest BCUT2D eigenvalue weighted by molar-refractivity contribution is 6.01. The van der Waals surface area contributed by atoms with Gasteiger partial charge in [-0.2, -0.15) is 0 Å². The maximum Gasteiger partial charge on any atom is 0.173 e. The van der Waals surface area contributed by atoms with Crippen molar-refractivity contribution in [3.05, 3.63) is 59.7 Å². The lowest BCUT2D eigenvalue weighted by Crippen LogP contribution is -2.22. The van der Waals surface area contributed by atoms with E-state index in [0.29, 0.717) is 18.8 Å². The van der Waals surface area contributed by atoms with Crippen molar-refractivity contribution < 1.29 is 13.9 Å². The highest BCUT2D eigenvalue weighted by Gasteiger charge is 2.29. The van der Waals surface area contributed by atoms with Crippen LogP contribution in [0.1, 0.15) is 28.3 Å². The largest absolute Gasteiger partial charge is 0.493 e. The van der Waals surface area contributed by atoms with Crippen molar-refractivity contribution in [1.29, 1.82) is 0 Å². The number of nitrogens with zero attached hydrogens (tertiary/aromatic N) is 1. The SMILES string of the molecule is O=C(c1ccncc1F)C1CCOc2ccccc21. The molecule has 1 atom stereocenters. The van der Waals surface area contributed by atoms with E-state index in [2.05, 4.69) is 4.98 Å². The summed E-state index contributed by atoms with van der Waals surface area (Å²) < 4.78 is 19.2. The zero-order valence-electron chi connectivity index (χ0n) is 10.2. The summed E-state index contributed by atoms with van der Waals surface area (Å²) in [6.45, 7) is 0.472. The molecule has 4 heteroatoms. The average molecular weight is 257 g/mol. The van der Waals surface area contributed by atoms with Crippen molar-refractivity contribution in [2.24, 2.45) is 0 Å². The quantitative estimate of drug-likeness (QED) is 0.776. The molecule has 0 fully saturated rings. The van der Waals surface area contributed by atoms with Crippen molar-refractivity contribution in [1.82, 2.24) is 4.98 Å². The Balaban J connectivity index is 2.00. The molecule has 1 aromatic carbocycles. The molecule has 2 heterocycles. The molecule has 0 amide bonds. The zero-order valence-corrected chi connectivity index (χ0v) is 10.2. The first-order valence-corrected chi connectivity index (χ1v) is 6.13. The third kappa shape index (κ3) is 2.10. The van der Waals surface area contributed by atoms with E-state index in [-0.39, 0.29) is 17.3 Å². The van der Waals surface area contributed by atoms with E-state index >= 15 is 0 Å². The van der Waals surface area contributed by atoms with E-state index in [4.69, 9.17) is 4.74 Å². The fraction of sp³-hybridized carbons (Fsp3) is 0.200. The number of carbonyl (C=O) groups excluding carboxylic acids is 1. The van der Waals surface area contributed by atoms with Crippen molar-refractivity contribution in [3.63, 3.8) is 0 Å². The van der Waals surface area contributed by atoms with E-state index in [1.165, 1.54) is 12.3 Å². The number of pyridine rings is 1. The van der Waals surface area contributed by atoms with Gasteiger partial charge in [0, 0.05) is 11.8 Å². The third-order valence-corrected chi connectivity index (χ3v) is 3.31. The summed E-state index contributed by atoms with van der Waals surface area (Å²) in [5, 5.41) is 0. The number of hydrogen-bond acceptors (Lipinski definition) is 3. The number of rotatable bonds is 2. The summed E-state index contributed by atoms with van der Waals surface area (Å²) in [6.07, 6.45) is 3.07. The van der Waals surface area contributed by atoms with Gasteiger partial charge in [0.25, 0.3) is 0 Å². The van der Waals surface area contributed by atoms with E-state index < -0.39 is 5.82 Å². The van der Waals surface area contributed by atoms with Crippen molar-refractivity contribution in [3.8, 4) is 5.75 Å². The van der Waals surface area contributed by atoms with Gasteiger partial charge >= 0.3 is 0 Å². The summed E-state index contributed by atoms with van der Waals surface area (Å²) >= 11 is 0. The number of carbonyl (C=O) groups is 1. The molecule has 3 rings (SSSR count). The standard InChI is InChI=1S/C15H12FNO2/c16-13-9-17-7-5-12(13)15(18)11-6-8-19-14-4-2-1-3-10(11)14/h1-5,7,9,11H,6,8H2. The van der Waals surface area contributed by atoms with Crippen LogP contribution < -0.4 is 4.74 Å². The number of ether oxygens (including phenoxy) is 1. The topological polar surface area (TPSA) is 39.2 Å². The molecule has 3 nitrogen and oxygen atoms in total. The van der Waals surface area contributed by atoms with E-state index in [1.807, 2.05) is 24.3 Å². The lowest BCUT2D eigenvalue weighted by atomic mass is 9.86. The summed E-state index contributed by atoms with van der Waals surface area (Å²) in [5.41, 5.74) is 0.923. The van der Waals surface area contributed by atoms with Crippen LogP contribution >= 0.6 is 0 Å². The zero-order chi connectivity index (χ0) is 13.2. The van der Waals surface area contributed by atoms with E-state index in [1.54, 1.807) is 0 Å². The molecule has 0 saturated heterocycles. The number of aromatic nitrogens is 1. The van der Waals surface area contributed by atoms with Crippen LogP contribution in [0.4, 0.5) is 4.39 Å². The predicted molar refractivity (Wildman–Crippen MR) is 67.8 cm³/mol. The van der Waals surface area contributed by atoms with Crippen LogP contribution in [0.15, 0.2) is 42.7 Å². The van der Waals surface area contributed by atoms with Gasteiger partial charge in [0.15, 0.2) is 11.6 Å². The molecule has 96 valence electrons. The van der Waals surface area contributed by atoms with Crippen molar-refractivity contribution in [2.75, 3.05) is 6.61 Å². The average Bonchev–Trinajstić information content (AvgIpc) is 2.46. The molecule has 0 N–H and O–H groups in total. The Labute approximate surface area is 110 Å². The van der Waals surface area contributed by atoms with Gasteiger partial charge in [-0.25, -0.2) is 4.39 Å². The van der Waals surface area contributed by atoms with Crippen LogP contribution in [-0.4, -0.2) is 17.4 Å². The Morgan fingerprint density at radius 1 is 1.32 bits per heavy atom. The molecule has 0 bridgehead atoms. The van der Waals surface area contributed by atoms with Gasteiger partial charge in [-0.3, -0.25) is 9.78 Å². The minimum atomic E-state index is -0.573. The molecular formula is C15H12FNO2. The molecule has 0 aliphatic carbocycles. The normalized spacial score (nSPS) is 17.4. The molecule has 1 aromatic heterocycles. The molecule has 19 heavy (non-hydrogen) atoms. The number of para-hydroxylation sites is 1. The molecule has 0 spiro atoms. The van der Waals surface area contributed by atoms with Gasteiger partial charge < -0.3 is 4.74 Å². The minimum Gasteiger partial charge on any atom is -0.493 e. The molecule has 0 radical (unpaired) electrons. The van der Waals surface area contributed by atoms with Crippen LogP contribution in [-0.2, 0) is 0 Å². The number of halogens is 1. The second-order valence-electron chi connectivity index (χ2n) is 4.45. The highest BCUT2D eigenvalue weighted by atomic mass is 19.1. The number of benzene rings is 1. The second kappa shape index (κ2) is 4.80. The van der Waals surface area contributed by atoms with E-state index in [9.17, 15) is 9.18 Å². The lowest BCUT2D eigenvalue weighted by Gasteiger charge is -2.24. The molecule has 1 aliphatic rings. The van der Waals surface area contributed by atoms with E-state index in [0.717, 1.165) is 11.8 Å². The van der Waals surface area contributed by atoms with Gasteiger partial charge in [-0.15, -0.1) is 0 Å². The summed E-state index contributed by atoms with van der Waals surface area (Å²) in [4.78, 5) is 16.1. The first-order chi connectivity index (χ1) is 9.27. The van der Waals surface area contributed by atoms with Crippen LogP contribution in [0.25, 0.3) is 0 Å². The lowest BCUT2D eigenvalue weighted by molar-refractivity contribution is 0.0929. The first-order valence-electron chi connectivity index (χ1n) is 6.13. The smallest absolute Gasteiger partial charge is 0.173 e. The minimum absolute atomic E-state index is 0.0942. The maximum absolute atomic E-state index is 13.7. The predicted octanol–water partition coefficient (Wildman–Crippen LogP) is 2.97. The third-order valence-electron chi connectivity index (χ3n) is 3.31. The molecule has 2 aromatic rings. The monoisotopic (exact) mass is 257 g/mol. The van der Waals surface area contributed by atoms with Gasteiger partial charge in [-0.1, -0.05) is 18.2 Å². The summed E-state index contributed by atoms with van der Waals surface area (Å²) in [5.74, 6) is -0.421. The molecule has 1 aliphatic heterocycles. The molecule has 1 unspecified atom stereocenters.